The number of aryl methyl sites for hydroxylation is 2. The molecule has 0 spiro atoms. The van der Waals surface area contributed by atoms with Gasteiger partial charge in [-0.15, -0.1) is 0 Å². The van der Waals surface area contributed by atoms with Gasteiger partial charge in [-0.05, 0) is 49.2 Å². The maximum absolute atomic E-state index is 13.9. The molecule has 0 aliphatic heterocycles. The van der Waals surface area contributed by atoms with Crippen molar-refractivity contribution in [3.05, 3.63) is 63.6 Å². The summed E-state index contributed by atoms with van der Waals surface area (Å²) in [6.45, 7) is 4.63. The van der Waals surface area contributed by atoms with Crippen LogP contribution in [0.5, 0.6) is 0 Å². The molecule has 102 valence electrons. The van der Waals surface area contributed by atoms with Gasteiger partial charge in [0.15, 0.2) is 0 Å². The summed E-state index contributed by atoms with van der Waals surface area (Å²) >= 11 is 3.27. The van der Waals surface area contributed by atoms with Crippen molar-refractivity contribution < 1.29 is 4.39 Å². The summed E-state index contributed by atoms with van der Waals surface area (Å²) in [5.41, 5.74) is 5.08. The number of hydrogen-bond donors (Lipinski definition) is 0. The smallest absolute Gasteiger partial charge is 0.129 e. The summed E-state index contributed by atoms with van der Waals surface area (Å²) in [6.07, 6.45) is 1.77. The summed E-state index contributed by atoms with van der Waals surface area (Å²) < 4.78 is 16.7. The molecule has 4 heteroatoms. The lowest BCUT2D eigenvalue weighted by Gasteiger charge is -2.07. The predicted octanol–water partition coefficient (Wildman–Crippen LogP) is 4.60. The van der Waals surface area contributed by atoms with E-state index in [2.05, 4.69) is 46.9 Å². The van der Waals surface area contributed by atoms with Crippen molar-refractivity contribution in [1.82, 2.24) is 9.55 Å². The maximum atomic E-state index is 13.9. The lowest BCUT2D eigenvalue weighted by atomic mass is 10.1. The van der Waals surface area contributed by atoms with Crippen LogP contribution in [0.3, 0.4) is 0 Å². The van der Waals surface area contributed by atoms with Crippen molar-refractivity contribution in [1.29, 1.82) is 0 Å². The van der Waals surface area contributed by atoms with Gasteiger partial charge in [0.05, 0.1) is 23.9 Å². The van der Waals surface area contributed by atoms with Crippen molar-refractivity contribution >= 4 is 27.0 Å². The Bertz CT molecular complexity index is 793. The Morgan fingerprint density at radius 1 is 1.15 bits per heavy atom. The van der Waals surface area contributed by atoms with Crippen LogP contribution in [0.15, 0.2) is 41.1 Å². The Morgan fingerprint density at radius 2 is 1.90 bits per heavy atom. The van der Waals surface area contributed by atoms with Crippen LogP contribution in [0, 0.1) is 19.7 Å². The van der Waals surface area contributed by atoms with Gasteiger partial charge < -0.3 is 4.57 Å². The first kappa shape index (κ1) is 13.3. The molecule has 2 nitrogen and oxygen atoms in total. The van der Waals surface area contributed by atoms with Crippen molar-refractivity contribution in [3.63, 3.8) is 0 Å². The Kier molecular flexibility index (Phi) is 3.34. The summed E-state index contributed by atoms with van der Waals surface area (Å²) in [4.78, 5) is 4.40. The van der Waals surface area contributed by atoms with Gasteiger partial charge in [-0.25, -0.2) is 9.37 Å². The highest BCUT2D eigenvalue weighted by Gasteiger charge is 2.08. The molecule has 1 aromatic heterocycles. The quantitative estimate of drug-likeness (QED) is 0.670. The summed E-state index contributed by atoms with van der Waals surface area (Å²) in [7, 11) is 0. The van der Waals surface area contributed by atoms with E-state index in [9.17, 15) is 4.39 Å². The van der Waals surface area contributed by atoms with Gasteiger partial charge in [-0.1, -0.05) is 22.0 Å². The average molecular weight is 333 g/mol. The molecule has 0 amide bonds. The molecule has 0 saturated carbocycles. The van der Waals surface area contributed by atoms with E-state index in [0.29, 0.717) is 12.1 Å². The maximum Gasteiger partial charge on any atom is 0.129 e. The van der Waals surface area contributed by atoms with Gasteiger partial charge in [-0.3, -0.25) is 0 Å². The molecule has 0 radical (unpaired) electrons. The number of aromatic nitrogens is 2. The van der Waals surface area contributed by atoms with E-state index >= 15 is 0 Å². The van der Waals surface area contributed by atoms with Crippen LogP contribution in [-0.2, 0) is 6.54 Å². The Morgan fingerprint density at radius 3 is 2.65 bits per heavy atom. The number of halogens is 2. The van der Waals surface area contributed by atoms with Crippen molar-refractivity contribution in [2.75, 3.05) is 0 Å². The second-order valence-electron chi connectivity index (χ2n) is 5.03. The first-order valence-corrected chi connectivity index (χ1v) is 7.20. The molecule has 0 N–H and O–H groups in total. The third-order valence-electron chi connectivity index (χ3n) is 3.59. The molecule has 1 heterocycles. The highest BCUT2D eigenvalue weighted by atomic mass is 79.9. The molecule has 0 fully saturated rings. The second-order valence-corrected chi connectivity index (χ2v) is 5.95. The van der Waals surface area contributed by atoms with Gasteiger partial charge in [0.2, 0.25) is 0 Å². The third kappa shape index (κ3) is 2.36. The second kappa shape index (κ2) is 5.02. The Balaban J connectivity index is 2.04. The van der Waals surface area contributed by atoms with Crippen LogP contribution in [-0.4, -0.2) is 9.55 Å². The van der Waals surface area contributed by atoms with Crippen LogP contribution in [0.1, 0.15) is 16.7 Å². The van der Waals surface area contributed by atoms with Crippen LogP contribution in [0.25, 0.3) is 11.0 Å². The fourth-order valence-electron chi connectivity index (χ4n) is 2.27. The largest absolute Gasteiger partial charge is 0.326 e. The average Bonchev–Trinajstić information content (AvgIpc) is 2.76. The number of rotatable bonds is 2. The topological polar surface area (TPSA) is 17.8 Å². The summed E-state index contributed by atoms with van der Waals surface area (Å²) in [5.74, 6) is -0.204. The normalized spacial score (nSPS) is 11.2. The van der Waals surface area contributed by atoms with Crippen LogP contribution < -0.4 is 0 Å². The monoisotopic (exact) mass is 332 g/mol. The number of fused-ring (bicyclic) bond motifs is 1. The molecular weight excluding hydrogens is 319 g/mol. The zero-order valence-electron chi connectivity index (χ0n) is 11.3. The van der Waals surface area contributed by atoms with Crippen LogP contribution in [0.4, 0.5) is 4.39 Å². The van der Waals surface area contributed by atoms with Gasteiger partial charge in [-0.2, -0.15) is 0 Å². The lowest BCUT2D eigenvalue weighted by molar-refractivity contribution is 0.600. The van der Waals surface area contributed by atoms with E-state index in [0.717, 1.165) is 15.5 Å². The minimum absolute atomic E-state index is 0.204. The van der Waals surface area contributed by atoms with Crippen LogP contribution in [0.2, 0.25) is 0 Å². The molecule has 0 unspecified atom stereocenters. The van der Waals surface area contributed by atoms with E-state index in [-0.39, 0.29) is 5.82 Å². The van der Waals surface area contributed by atoms with Crippen molar-refractivity contribution in [3.8, 4) is 0 Å². The molecule has 0 aliphatic carbocycles. The molecule has 3 aromatic rings. The first-order chi connectivity index (χ1) is 9.54. The zero-order chi connectivity index (χ0) is 14.3. The molecule has 0 aliphatic rings. The number of nitrogens with zero attached hydrogens (tertiary/aromatic N) is 2. The standard InChI is InChI=1S/C16H14BrFN2/c1-10-5-15-16(6-11(10)2)20(9-19-15)8-12-3-4-13(17)7-14(12)18/h3-7,9H,8H2,1-2H3. The fourth-order valence-corrected chi connectivity index (χ4v) is 2.61. The lowest BCUT2D eigenvalue weighted by Crippen LogP contribution is -2.01. The molecule has 0 bridgehead atoms. The third-order valence-corrected chi connectivity index (χ3v) is 4.09. The van der Waals surface area contributed by atoms with E-state index in [4.69, 9.17) is 0 Å². The Labute approximate surface area is 125 Å². The predicted molar refractivity (Wildman–Crippen MR) is 82.4 cm³/mol. The molecular formula is C16H14BrFN2. The summed E-state index contributed by atoms with van der Waals surface area (Å²) in [5, 5.41) is 0. The number of hydrogen-bond acceptors (Lipinski definition) is 1. The van der Waals surface area contributed by atoms with Gasteiger partial charge in [0.1, 0.15) is 5.82 Å². The highest BCUT2D eigenvalue weighted by molar-refractivity contribution is 9.10. The minimum atomic E-state index is -0.204. The van der Waals surface area contributed by atoms with Gasteiger partial charge in [0.25, 0.3) is 0 Å². The number of imidazole rings is 1. The number of benzene rings is 2. The fraction of sp³-hybridized carbons (Fsp3) is 0.188. The molecule has 2 aromatic carbocycles. The van der Waals surface area contributed by atoms with Crippen LogP contribution >= 0.6 is 15.9 Å². The van der Waals surface area contributed by atoms with E-state index in [1.54, 1.807) is 12.4 Å². The van der Waals surface area contributed by atoms with E-state index in [1.165, 1.54) is 17.2 Å². The van der Waals surface area contributed by atoms with Crippen molar-refractivity contribution in [2.45, 2.75) is 20.4 Å². The van der Waals surface area contributed by atoms with E-state index < -0.39 is 0 Å². The highest BCUT2D eigenvalue weighted by Crippen LogP contribution is 2.21. The molecule has 20 heavy (non-hydrogen) atoms. The van der Waals surface area contributed by atoms with Gasteiger partial charge in [0, 0.05) is 10.0 Å². The SMILES string of the molecule is Cc1cc2ncn(Cc3ccc(Br)cc3F)c2cc1C. The van der Waals surface area contributed by atoms with E-state index in [1.807, 2.05) is 10.6 Å². The molecule has 3 rings (SSSR count). The first-order valence-electron chi connectivity index (χ1n) is 6.40. The van der Waals surface area contributed by atoms with Gasteiger partial charge >= 0.3 is 0 Å². The Hall–Kier alpha value is -1.68. The molecule has 0 atom stereocenters. The molecule has 0 saturated heterocycles. The zero-order valence-corrected chi connectivity index (χ0v) is 12.9. The van der Waals surface area contributed by atoms with Crippen molar-refractivity contribution in [2.24, 2.45) is 0 Å². The summed E-state index contributed by atoms with van der Waals surface area (Å²) in [6, 6.07) is 9.32. The minimum Gasteiger partial charge on any atom is -0.326 e.